The lowest BCUT2D eigenvalue weighted by Gasteiger charge is -2.46. The molecule has 1 fully saturated rings. The Morgan fingerprint density at radius 1 is 1.58 bits per heavy atom. The zero-order valence-corrected chi connectivity index (χ0v) is 7.75. The highest BCUT2D eigenvalue weighted by atomic mass is 16.5. The molecule has 0 saturated heterocycles. The Balaban J connectivity index is 2.25. The molecule has 0 spiro atoms. The topological polar surface area (TPSA) is 55.5 Å². The predicted octanol–water partition coefficient (Wildman–Crippen LogP) is 0.513. The first-order chi connectivity index (χ1) is 5.76. The van der Waals surface area contributed by atoms with Gasteiger partial charge in [0.25, 0.3) is 0 Å². The van der Waals surface area contributed by atoms with Crippen LogP contribution in [0.2, 0.25) is 0 Å². The van der Waals surface area contributed by atoms with Crippen LogP contribution in [0.5, 0.6) is 0 Å². The van der Waals surface area contributed by atoms with E-state index in [0.29, 0.717) is 12.6 Å². The third kappa shape index (κ3) is 1.97. The summed E-state index contributed by atoms with van der Waals surface area (Å²) >= 11 is 0. The maximum absolute atomic E-state index is 8.82. The van der Waals surface area contributed by atoms with Crippen LogP contribution in [-0.2, 0) is 4.74 Å². The average molecular weight is 173 g/mol. The number of aliphatic hydroxyl groups excluding tert-OH is 1. The Morgan fingerprint density at radius 3 is 2.67 bits per heavy atom. The first-order valence-electron chi connectivity index (χ1n) is 4.69. The largest absolute Gasteiger partial charge is 0.396 e. The van der Waals surface area contributed by atoms with Crippen LogP contribution < -0.4 is 5.73 Å². The average Bonchev–Trinajstić information content (AvgIpc) is 2.01. The van der Waals surface area contributed by atoms with Crippen molar-refractivity contribution in [3.8, 4) is 0 Å². The van der Waals surface area contributed by atoms with Gasteiger partial charge in [0.15, 0.2) is 0 Å². The summed E-state index contributed by atoms with van der Waals surface area (Å²) in [4.78, 5) is 0. The van der Waals surface area contributed by atoms with Gasteiger partial charge < -0.3 is 15.6 Å². The van der Waals surface area contributed by atoms with Crippen molar-refractivity contribution in [1.82, 2.24) is 0 Å². The van der Waals surface area contributed by atoms with Gasteiger partial charge in [-0.15, -0.1) is 0 Å². The molecule has 0 radical (unpaired) electrons. The summed E-state index contributed by atoms with van der Waals surface area (Å²) in [6.07, 6.45) is 3.27. The third-order valence-electron chi connectivity index (χ3n) is 2.80. The second-order valence-corrected chi connectivity index (χ2v) is 3.66. The van der Waals surface area contributed by atoms with E-state index in [0.717, 1.165) is 25.9 Å². The highest BCUT2D eigenvalue weighted by molar-refractivity contribution is 4.95. The second-order valence-electron chi connectivity index (χ2n) is 3.66. The summed E-state index contributed by atoms with van der Waals surface area (Å²) < 4.78 is 5.44. The number of rotatable bonds is 5. The van der Waals surface area contributed by atoms with Crippen LogP contribution in [-0.4, -0.2) is 31.0 Å². The van der Waals surface area contributed by atoms with E-state index in [1.54, 1.807) is 0 Å². The summed E-state index contributed by atoms with van der Waals surface area (Å²) in [7, 11) is 0. The summed E-state index contributed by atoms with van der Waals surface area (Å²) in [5.74, 6) is 0. The number of ether oxygens (including phenoxy) is 1. The molecule has 0 aromatic rings. The van der Waals surface area contributed by atoms with Gasteiger partial charge in [-0.05, 0) is 38.1 Å². The number of aliphatic hydroxyl groups is 1. The molecule has 72 valence electrons. The van der Waals surface area contributed by atoms with Gasteiger partial charge in [0, 0.05) is 13.2 Å². The molecule has 1 rings (SSSR count). The maximum Gasteiger partial charge on any atom is 0.0586 e. The van der Waals surface area contributed by atoms with Crippen LogP contribution in [0, 0.1) is 5.41 Å². The first-order valence-corrected chi connectivity index (χ1v) is 4.69. The normalized spacial score (nSPS) is 34.8. The molecule has 1 saturated carbocycles. The van der Waals surface area contributed by atoms with E-state index in [9.17, 15) is 0 Å². The molecule has 0 aromatic carbocycles. The Hall–Kier alpha value is -0.120. The summed E-state index contributed by atoms with van der Waals surface area (Å²) in [6, 6.07) is 0. The van der Waals surface area contributed by atoms with Crippen LogP contribution in [0.1, 0.15) is 26.2 Å². The minimum atomic E-state index is 0.189. The summed E-state index contributed by atoms with van der Waals surface area (Å²) in [6.45, 7) is 3.71. The van der Waals surface area contributed by atoms with E-state index in [4.69, 9.17) is 15.6 Å². The van der Waals surface area contributed by atoms with Crippen LogP contribution in [0.15, 0.2) is 0 Å². The Morgan fingerprint density at radius 2 is 2.25 bits per heavy atom. The van der Waals surface area contributed by atoms with E-state index in [1.165, 1.54) is 0 Å². The highest BCUT2D eigenvalue weighted by Gasteiger charge is 2.42. The fourth-order valence-corrected chi connectivity index (χ4v) is 1.97. The lowest BCUT2D eigenvalue weighted by molar-refractivity contribution is -0.0809. The molecule has 3 N–H and O–H groups in total. The third-order valence-corrected chi connectivity index (χ3v) is 2.80. The van der Waals surface area contributed by atoms with Crippen molar-refractivity contribution in [1.29, 1.82) is 0 Å². The SMILES string of the molecule is CCOC1CC(CN)(CCO)C1. The highest BCUT2D eigenvalue weighted by Crippen LogP contribution is 2.44. The fraction of sp³-hybridized carbons (Fsp3) is 1.00. The van der Waals surface area contributed by atoms with Gasteiger partial charge in [-0.2, -0.15) is 0 Å². The lowest BCUT2D eigenvalue weighted by atomic mass is 9.65. The summed E-state index contributed by atoms with van der Waals surface area (Å²) in [5.41, 5.74) is 5.84. The van der Waals surface area contributed by atoms with E-state index >= 15 is 0 Å². The van der Waals surface area contributed by atoms with Gasteiger partial charge in [0.2, 0.25) is 0 Å². The lowest BCUT2D eigenvalue weighted by Crippen LogP contribution is -2.47. The molecule has 0 aromatic heterocycles. The molecule has 0 unspecified atom stereocenters. The van der Waals surface area contributed by atoms with Crippen LogP contribution in [0.4, 0.5) is 0 Å². The molecule has 1 aliphatic carbocycles. The zero-order chi connectivity index (χ0) is 9.03. The van der Waals surface area contributed by atoms with E-state index in [-0.39, 0.29) is 12.0 Å². The number of hydrogen-bond acceptors (Lipinski definition) is 3. The number of hydrogen-bond donors (Lipinski definition) is 2. The van der Waals surface area contributed by atoms with Crippen LogP contribution in [0.3, 0.4) is 0 Å². The van der Waals surface area contributed by atoms with Gasteiger partial charge >= 0.3 is 0 Å². The van der Waals surface area contributed by atoms with Crippen molar-refractivity contribution < 1.29 is 9.84 Å². The van der Waals surface area contributed by atoms with Crippen molar-refractivity contribution in [3.05, 3.63) is 0 Å². The maximum atomic E-state index is 8.82. The van der Waals surface area contributed by atoms with Gasteiger partial charge in [-0.25, -0.2) is 0 Å². The van der Waals surface area contributed by atoms with Crippen molar-refractivity contribution in [2.75, 3.05) is 19.8 Å². The van der Waals surface area contributed by atoms with E-state index < -0.39 is 0 Å². The molecule has 12 heavy (non-hydrogen) atoms. The standard InChI is InChI=1S/C9H19NO2/c1-2-12-8-5-9(6-8,7-10)3-4-11/h8,11H,2-7,10H2,1H3. The molecule has 1 aliphatic rings. The van der Waals surface area contributed by atoms with Crippen LogP contribution >= 0.6 is 0 Å². The molecule has 3 heteroatoms. The Labute approximate surface area is 73.9 Å². The van der Waals surface area contributed by atoms with Crippen LogP contribution in [0.25, 0.3) is 0 Å². The molecule has 0 amide bonds. The fourth-order valence-electron chi connectivity index (χ4n) is 1.97. The van der Waals surface area contributed by atoms with Crippen molar-refractivity contribution >= 4 is 0 Å². The smallest absolute Gasteiger partial charge is 0.0586 e. The minimum Gasteiger partial charge on any atom is -0.396 e. The predicted molar refractivity (Wildman–Crippen MR) is 47.8 cm³/mol. The summed E-state index contributed by atoms with van der Waals surface area (Å²) in [5, 5.41) is 8.82. The monoisotopic (exact) mass is 173 g/mol. The molecule has 0 atom stereocenters. The van der Waals surface area contributed by atoms with E-state index in [2.05, 4.69) is 0 Å². The molecule has 0 aliphatic heterocycles. The van der Waals surface area contributed by atoms with Crippen molar-refractivity contribution in [3.63, 3.8) is 0 Å². The molecular weight excluding hydrogens is 154 g/mol. The molecular formula is C9H19NO2. The second kappa shape index (κ2) is 4.21. The van der Waals surface area contributed by atoms with Crippen molar-refractivity contribution in [2.45, 2.75) is 32.3 Å². The molecule has 0 heterocycles. The Bertz CT molecular complexity index is 132. The van der Waals surface area contributed by atoms with Gasteiger partial charge in [0.05, 0.1) is 6.10 Å². The minimum absolute atomic E-state index is 0.189. The number of nitrogens with two attached hydrogens (primary N) is 1. The van der Waals surface area contributed by atoms with E-state index in [1.807, 2.05) is 6.92 Å². The molecule has 0 bridgehead atoms. The van der Waals surface area contributed by atoms with Crippen molar-refractivity contribution in [2.24, 2.45) is 11.1 Å². The molecule has 3 nitrogen and oxygen atoms in total. The van der Waals surface area contributed by atoms with Gasteiger partial charge in [-0.3, -0.25) is 0 Å². The van der Waals surface area contributed by atoms with Gasteiger partial charge in [-0.1, -0.05) is 0 Å². The van der Waals surface area contributed by atoms with Gasteiger partial charge in [0.1, 0.15) is 0 Å². The quantitative estimate of drug-likeness (QED) is 0.637. The Kier molecular flexibility index (Phi) is 3.50. The zero-order valence-electron chi connectivity index (χ0n) is 7.75. The first kappa shape index (κ1) is 9.96.